The molecule has 170 valence electrons. The lowest BCUT2D eigenvalue weighted by atomic mass is 9.95. The molecule has 0 radical (unpaired) electrons. The Morgan fingerprint density at radius 2 is 2.00 bits per heavy atom. The molecule has 1 unspecified atom stereocenters. The number of benzene rings is 2. The van der Waals surface area contributed by atoms with Crippen LogP contribution in [0.3, 0.4) is 0 Å². The van der Waals surface area contributed by atoms with Crippen molar-refractivity contribution in [3.05, 3.63) is 94.6 Å². The number of allylic oxidation sites excluding steroid dienone is 1. The Morgan fingerprint density at radius 3 is 2.70 bits per heavy atom. The van der Waals surface area contributed by atoms with Crippen LogP contribution in [0.2, 0.25) is 0 Å². The normalized spacial score (nSPS) is 15.8. The molecule has 0 amide bonds. The summed E-state index contributed by atoms with van der Waals surface area (Å²) < 4.78 is 14.0. The number of carbonyl (C=O) groups excluding carboxylic acids is 1. The molecular formula is C25H23BrN2O4S. The van der Waals surface area contributed by atoms with Gasteiger partial charge in [0, 0.05) is 10.0 Å². The lowest BCUT2D eigenvalue weighted by molar-refractivity contribution is -0.139. The van der Waals surface area contributed by atoms with Gasteiger partial charge in [0.1, 0.15) is 11.8 Å². The number of hydrogen-bond acceptors (Lipinski definition) is 6. The van der Waals surface area contributed by atoms with E-state index in [4.69, 9.17) is 9.47 Å². The van der Waals surface area contributed by atoms with Gasteiger partial charge in [-0.2, -0.15) is 0 Å². The lowest BCUT2D eigenvalue weighted by Gasteiger charge is -2.25. The highest BCUT2D eigenvalue weighted by Gasteiger charge is 2.34. The lowest BCUT2D eigenvalue weighted by Crippen LogP contribution is -2.40. The maximum atomic E-state index is 13.6. The zero-order valence-electron chi connectivity index (χ0n) is 18.7. The summed E-state index contributed by atoms with van der Waals surface area (Å²) >= 11 is 4.84. The van der Waals surface area contributed by atoms with E-state index in [-0.39, 0.29) is 12.2 Å². The summed E-state index contributed by atoms with van der Waals surface area (Å²) in [5.41, 5.74) is 3.34. The van der Waals surface area contributed by atoms with Crippen molar-refractivity contribution >= 4 is 39.3 Å². The van der Waals surface area contributed by atoms with Crippen LogP contribution in [0.5, 0.6) is 5.75 Å². The van der Waals surface area contributed by atoms with Gasteiger partial charge in [0.15, 0.2) is 4.80 Å². The third kappa shape index (κ3) is 4.32. The van der Waals surface area contributed by atoms with E-state index in [0.717, 1.165) is 15.6 Å². The number of methoxy groups -OCH3 is 1. The highest BCUT2D eigenvalue weighted by atomic mass is 79.9. The van der Waals surface area contributed by atoms with E-state index in [1.807, 2.05) is 55.5 Å². The van der Waals surface area contributed by atoms with Gasteiger partial charge in [-0.05, 0) is 50.1 Å². The summed E-state index contributed by atoms with van der Waals surface area (Å²) in [6.45, 7) is 5.75. The van der Waals surface area contributed by atoms with E-state index in [9.17, 15) is 9.59 Å². The minimum absolute atomic E-state index is 0.222. The van der Waals surface area contributed by atoms with Gasteiger partial charge in [-0.25, -0.2) is 9.79 Å². The maximum absolute atomic E-state index is 13.6. The molecule has 2 aromatic carbocycles. The van der Waals surface area contributed by atoms with Gasteiger partial charge < -0.3 is 9.47 Å². The molecule has 2 heterocycles. The van der Waals surface area contributed by atoms with Crippen molar-refractivity contribution in [3.8, 4) is 5.75 Å². The first kappa shape index (κ1) is 23.2. The van der Waals surface area contributed by atoms with Crippen molar-refractivity contribution in [2.24, 2.45) is 4.99 Å². The van der Waals surface area contributed by atoms with Crippen molar-refractivity contribution in [1.29, 1.82) is 0 Å². The third-order valence-electron chi connectivity index (χ3n) is 5.44. The molecule has 4 rings (SSSR count). The monoisotopic (exact) mass is 526 g/mol. The van der Waals surface area contributed by atoms with E-state index in [1.165, 1.54) is 11.3 Å². The number of ether oxygens (including phenoxy) is 2. The van der Waals surface area contributed by atoms with Crippen LogP contribution in [-0.2, 0) is 9.53 Å². The van der Waals surface area contributed by atoms with E-state index < -0.39 is 12.0 Å². The van der Waals surface area contributed by atoms with Crippen molar-refractivity contribution in [3.63, 3.8) is 0 Å². The molecule has 0 fully saturated rings. The summed E-state index contributed by atoms with van der Waals surface area (Å²) in [6, 6.07) is 12.6. The molecule has 0 saturated heterocycles. The standard InChI is InChI=1S/C25H23BrN2O4S/c1-5-32-24(30)21-15(3)27-25-28(22(21)17-8-6-7-9-19(17)31-4)23(29)20(33-25)13-16-11-10-14(2)18(26)12-16/h6-13,22H,5H2,1-4H3/b20-13-. The first-order valence-corrected chi connectivity index (χ1v) is 12.0. The number of carbonyl (C=O) groups is 1. The average Bonchev–Trinajstić information content (AvgIpc) is 3.10. The summed E-state index contributed by atoms with van der Waals surface area (Å²) in [4.78, 5) is 31.7. The molecule has 1 atom stereocenters. The Labute approximate surface area is 203 Å². The van der Waals surface area contributed by atoms with Crippen molar-refractivity contribution in [2.45, 2.75) is 26.8 Å². The Bertz CT molecular complexity index is 1450. The fourth-order valence-electron chi connectivity index (χ4n) is 3.83. The number of thiazole rings is 1. The number of hydrogen-bond donors (Lipinski definition) is 0. The van der Waals surface area contributed by atoms with E-state index in [2.05, 4.69) is 20.9 Å². The number of halogens is 1. The number of para-hydroxylation sites is 1. The highest BCUT2D eigenvalue weighted by molar-refractivity contribution is 9.10. The molecule has 1 aliphatic rings. The summed E-state index contributed by atoms with van der Waals surface area (Å²) in [5, 5.41) is 0. The molecule has 6 nitrogen and oxygen atoms in total. The van der Waals surface area contributed by atoms with Crippen LogP contribution >= 0.6 is 27.3 Å². The van der Waals surface area contributed by atoms with Crippen molar-refractivity contribution < 1.29 is 14.3 Å². The van der Waals surface area contributed by atoms with Crippen LogP contribution in [0.25, 0.3) is 6.08 Å². The topological polar surface area (TPSA) is 69.9 Å². The first-order valence-electron chi connectivity index (χ1n) is 10.4. The van der Waals surface area contributed by atoms with Crippen LogP contribution in [0.4, 0.5) is 0 Å². The third-order valence-corrected chi connectivity index (χ3v) is 7.28. The van der Waals surface area contributed by atoms with Gasteiger partial charge in [-0.15, -0.1) is 0 Å². The molecular weight excluding hydrogens is 504 g/mol. The second-order valence-electron chi connectivity index (χ2n) is 7.55. The second kappa shape index (κ2) is 9.49. The molecule has 0 saturated carbocycles. The van der Waals surface area contributed by atoms with Gasteiger partial charge in [-0.1, -0.05) is 57.6 Å². The van der Waals surface area contributed by atoms with Crippen molar-refractivity contribution in [2.75, 3.05) is 13.7 Å². The quantitative estimate of drug-likeness (QED) is 0.473. The fourth-order valence-corrected chi connectivity index (χ4v) is 5.27. The maximum Gasteiger partial charge on any atom is 0.338 e. The van der Waals surface area contributed by atoms with Crippen LogP contribution in [-0.4, -0.2) is 24.3 Å². The minimum atomic E-state index is -0.705. The van der Waals surface area contributed by atoms with Gasteiger partial charge in [0.2, 0.25) is 0 Å². The number of esters is 1. The molecule has 0 aliphatic carbocycles. The Kier molecular flexibility index (Phi) is 6.67. The van der Waals surface area contributed by atoms with Gasteiger partial charge >= 0.3 is 5.97 Å². The van der Waals surface area contributed by atoms with Gasteiger partial charge in [0.05, 0.1) is 29.5 Å². The fraction of sp³-hybridized carbons (Fsp3) is 0.240. The highest BCUT2D eigenvalue weighted by Crippen LogP contribution is 2.35. The van der Waals surface area contributed by atoms with Gasteiger partial charge in [0.25, 0.3) is 5.56 Å². The summed E-state index contributed by atoms with van der Waals surface area (Å²) in [6.07, 6.45) is 1.84. The zero-order valence-corrected chi connectivity index (χ0v) is 21.1. The van der Waals surface area contributed by atoms with E-state index in [0.29, 0.717) is 31.9 Å². The number of rotatable bonds is 5. The van der Waals surface area contributed by atoms with E-state index in [1.54, 1.807) is 25.5 Å². The Balaban J connectivity index is 1.99. The molecule has 3 aromatic rings. The van der Waals surface area contributed by atoms with Crippen molar-refractivity contribution in [1.82, 2.24) is 4.57 Å². The summed E-state index contributed by atoms with van der Waals surface area (Å²) in [7, 11) is 1.57. The van der Waals surface area contributed by atoms with E-state index >= 15 is 0 Å². The summed E-state index contributed by atoms with van der Waals surface area (Å²) in [5.74, 6) is 0.0856. The van der Waals surface area contributed by atoms with Crippen LogP contribution in [0, 0.1) is 6.92 Å². The SMILES string of the molecule is CCOC(=O)C1=C(C)N=c2s/c(=C\c3ccc(C)c(Br)c3)c(=O)n2C1c1ccccc1OC. The molecule has 0 bridgehead atoms. The molecule has 33 heavy (non-hydrogen) atoms. The number of aromatic nitrogens is 1. The molecule has 1 aliphatic heterocycles. The smallest absolute Gasteiger partial charge is 0.338 e. The largest absolute Gasteiger partial charge is 0.496 e. The Hall–Kier alpha value is -2.97. The van der Waals surface area contributed by atoms with Crippen LogP contribution < -0.4 is 19.6 Å². The zero-order chi connectivity index (χ0) is 23.7. The second-order valence-corrected chi connectivity index (χ2v) is 9.42. The van der Waals surface area contributed by atoms with Gasteiger partial charge in [-0.3, -0.25) is 9.36 Å². The minimum Gasteiger partial charge on any atom is -0.496 e. The molecule has 8 heteroatoms. The molecule has 1 aromatic heterocycles. The average molecular weight is 527 g/mol. The number of aryl methyl sites for hydroxylation is 1. The van der Waals surface area contributed by atoms with Crippen LogP contribution in [0.15, 0.2) is 68.0 Å². The Morgan fingerprint density at radius 1 is 1.24 bits per heavy atom. The number of fused-ring (bicyclic) bond motifs is 1. The predicted molar refractivity (Wildman–Crippen MR) is 132 cm³/mol. The first-order chi connectivity index (χ1) is 15.8. The van der Waals surface area contributed by atoms with Crippen LogP contribution in [0.1, 0.15) is 36.6 Å². The molecule has 0 N–H and O–H groups in total. The predicted octanol–water partition coefficient (Wildman–Crippen LogP) is 3.88. The number of nitrogens with zero attached hydrogens (tertiary/aromatic N) is 2. The molecule has 0 spiro atoms.